The van der Waals surface area contributed by atoms with Crippen LogP contribution in [-0.2, 0) is 25.0 Å². The number of sulfonamides is 1. The molecule has 0 aliphatic carbocycles. The number of hydrogen-bond donors (Lipinski definition) is 3. The lowest BCUT2D eigenvalue weighted by Crippen LogP contribution is -2.30. The highest BCUT2D eigenvalue weighted by molar-refractivity contribution is 7.92. The number of anilines is 2. The molecule has 3 rings (SSSR count). The van der Waals surface area contributed by atoms with Crippen molar-refractivity contribution in [3.8, 4) is 5.75 Å². The maximum Gasteiger partial charge on any atom is 0.326 e. The van der Waals surface area contributed by atoms with E-state index in [1.807, 2.05) is 0 Å². The minimum absolute atomic E-state index is 0.0362. The Kier molecular flexibility index (Phi) is 4.48. The Morgan fingerprint density at radius 3 is 2.48 bits per heavy atom. The van der Waals surface area contributed by atoms with Crippen molar-refractivity contribution in [2.75, 3.05) is 15.6 Å². The van der Waals surface area contributed by atoms with Crippen molar-refractivity contribution in [3.63, 3.8) is 0 Å². The molecule has 2 aromatic carbocycles. The molecule has 1 fully saturated rings. The van der Waals surface area contributed by atoms with Gasteiger partial charge in [-0.15, -0.1) is 0 Å². The first-order chi connectivity index (χ1) is 12.5. The Morgan fingerprint density at radius 1 is 1.26 bits per heavy atom. The maximum atomic E-state index is 14.5. The highest BCUT2D eigenvalue weighted by atomic mass is 32.2. The van der Waals surface area contributed by atoms with Gasteiger partial charge in [0.2, 0.25) is 0 Å². The first kappa shape index (κ1) is 18.9. The summed E-state index contributed by atoms with van der Waals surface area (Å²) in [5, 5.41) is 10.1. The highest BCUT2D eigenvalue weighted by Gasteiger charge is 2.37. The van der Waals surface area contributed by atoms with E-state index in [9.17, 15) is 31.1 Å². The average molecular weight is 415 g/mol. The molecule has 9 nitrogen and oxygen atoms in total. The minimum atomic E-state index is -4.34. The summed E-state index contributed by atoms with van der Waals surface area (Å²) in [5.74, 6) is -2.96. The maximum absolute atomic E-state index is 14.5. The summed E-state index contributed by atoms with van der Waals surface area (Å²) in [7, 11) is -8.40. The molecule has 27 heavy (non-hydrogen) atoms. The van der Waals surface area contributed by atoms with E-state index >= 15 is 0 Å². The summed E-state index contributed by atoms with van der Waals surface area (Å²) < 4.78 is 67.1. The molecule has 0 aromatic heterocycles. The van der Waals surface area contributed by atoms with Gasteiger partial charge in [-0.25, -0.2) is 21.8 Å². The molecule has 1 heterocycles. The molecule has 0 unspecified atom stereocenters. The van der Waals surface area contributed by atoms with Crippen molar-refractivity contribution in [2.45, 2.75) is 11.8 Å². The zero-order valence-corrected chi connectivity index (χ0v) is 15.4. The van der Waals surface area contributed by atoms with E-state index in [0.29, 0.717) is 15.9 Å². The van der Waals surface area contributed by atoms with Gasteiger partial charge in [0.1, 0.15) is 18.0 Å². The predicted octanol–water partition coefficient (Wildman–Crippen LogP) is 0.822. The van der Waals surface area contributed by atoms with Gasteiger partial charge in [0, 0.05) is 12.1 Å². The van der Waals surface area contributed by atoms with Crippen LogP contribution < -0.4 is 13.7 Å². The molecular weight excluding hydrogens is 401 g/mol. The van der Waals surface area contributed by atoms with Gasteiger partial charge in [0.25, 0.3) is 15.9 Å². The predicted molar refractivity (Wildman–Crippen MR) is 94.5 cm³/mol. The number of hydrogen-bond acceptors (Lipinski definition) is 6. The first-order valence-electron chi connectivity index (χ1n) is 7.45. The van der Waals surface area contributed by atoms with Crippen LogP contribution in [0.2, 0.25) is 0 Å². The van der Waals surface area contributed by atoms with Crippen molar-refractivity contribution in [1.82, 2.24) is 4.72 Å². The lowest BCUT2D eigenvalue weighted by molar-refractivity contribution is -0.117. The number of halogens is 1. The van der Waals surface area contributed by atoms with Gasteiger partial charge < -0.3 is 5.11 Å². The minimum Gasteiger partial charge on any atom is -0.506 e. The normalized spacial score (nSPS) is 16.2. The molecule has 0 spiro atoms. The van der Waals surface area contributed by atoms with Crippen LogP contribution in [0.5, 0.6) is 5.75 Å². The lowest BCUT2D eigenvalue weighted by Gasteiger charge is -2.18. The lowest BCUT2D eigenvalue weighted by atomic mass is 10.2. The fourth-order valence-corrected chi connectivity index (χ4v) is 5.06. The summed E-state index contributed by atoms with van der Waals surface area (Å²) >= 11 is 0. The molecule has 0 atom stereocenters. The van der Waals surface area contributed by atoms with Crippen LogP contribution in [-0.4, -0.2) is 34.4 Å². The number of nitrogens with one attached hydrogen (secondary N) is 2. The van der Waals surface area contributed by atoms with Gasteiger partial charge in [0.05, 0.1) is 10.6 Å². The molecule has 0 radical (unpaired) electrons. The van der Waals surface area contributed by atoms with Crippen LogP contribution in [0, 0.1) is 12.7 Å². The first-order valence-corrected chi connectivity index (χ1v) is 10.4. The number of amides is 1. The molecule has 0 saturated carbocycles. The van der Waals surface area contributed by atoms with E-state index < -0.39 is 49.9 Å². The van der Waals surface area contributed by atoms with Gasteiger partial charge in [-0.05, 0) is 18.6 Å². The van der Waals surface area contributed by atoms with Gasteiger partial charge in [-0.3, -0.25) is 9.52 Å². The fourth-order valence-electron chi connectivity index (χ4n) is 2.60. The van der Waals surface area contributed by atoms with Crippen LogP contribution >= 0.6 is 0 Å². The second-order valence-electron chi connectivity index (χ2n) is 5.73. The topological polar surface area (TPSA) is 133 Å². The van der Waals surface area contributed by atoms with Gasteiger partial charge >= 0.3 is 10.2 Å². The molecule has 0 bridgehead atoms. The van der Waals surface area contributed by atoms with E-state index in [1.54, 1.807) is 23.8 Å². The number of benzene rings is 2. The molecule has 144 valence electrons. The summed E-state index contributed by atoms with van der Waals surface area (Å²) in [5.41, 5.74) is -0.612. The van der Waals surface area contributed by atoms with E-state index in [-0.39, 0.29) is 10.6 Å². The zero-order valence-electron chi connectivity index (χ0n) is 13.8. The quantitative estimate of drug-likeness (QED) is 0.677. The van der Waals surface area contributed by atoms with Gasteiger partial charge in [0.15, 0.2) is 5.82 Å². The third kappa shape index (κ3) is 3.53. The molecule has 1 aliphatic heterocycles. The van der Waals surface area contributed by atoms with Crippen LogP contribution in [0.15, 0.2) is 41.3 Å². The third-order valence-corrected chi connectivity index (χ3v) is 6.67. The molecule has 3 N–H and O–H groups in total. The number of aromatic hydroxyl groups is 1. The summed E-state index contributed by atoms with van der Waals surface area (Å²) in [6, 6.07) is 7.68. The number of nitrogens with zero attached hydrogens (tertiary/aromatic N) is 1. The molecule has 1 amide bonds. The summed E-state index contributed by atoms with van der Waals surface area (Å²) in [4.78, 5) is 11.2. The Bertz CT molecular complexity index is 1120. The van der Waals surface area contributed by atoms with Crippen molar-refractivity contribution in [1.29, 1.82) is 0 Å². The van der Waals surface area contributed by atoms with Crippen LogP contribution in [0.25, 0.3) is 0 Å². The van der Waals surface area contributed by atoms with E-state index in [4.69, 9.17) is 0 Å². The number of carbonyl (C=O) groups is 1. The smallest absolute Gasteiger partial charge is 0.326 e. The number of phenolic OH excluding ortho intramolecular Hbond substituents is 1. The van der Waals surface area contributed by atoms with Crippen LogP contribution in [0.3, 0.4) is 0 Å². The number of rotatable bonds is 4. The molecule has 1 saturated heterocycles. The standard InChI is InChI=1S/C15H14FN3O6S2/c1-9-4-2-3-5-13(9)26(22,23)17-10-6-11(16)15(12(20)7-10)19-8-14(21)18-27(19,24)25/h2-7,17,20H,8H2,1H3,(H,18,21). The van der Waals surface area contributed by atoms with E-state index in [0.717, 1.165) is 6.07 Å². The fraction of sp³-hybridized carbons (Fsp3) is 0.133. The largest absolute Gasteiger partial charge is 0.506 e. The second-order valence-corrected chi connectivity index (χ2v) is 8.98. The van der Waals surface area contributed by atoms with Crippen LogP contribution in [0.1, 0.15) is 5.56 Å². The van der Waals surface area contributed by atoms with Crippen molar-refractivity contribution >= 4 is 37.5 Å². The van der Waals surface area contributed by atoms with Gasteiger partial charge in [-0.2, -0.15) is 8.42 Å². The monoisotopic (exact) mass is 415 g/mol. The molecule has 1 aliphatic rings. The van der Waals surface area contributed by atoms with Crippen molar-refractivity contribution < 1.29 is 31.1 Å². The Balaban J connectivity index is 1.99. The van der Waals surface area contributed by atoms with Crippen molar-refractivity contribution in [3.05, 3.63) is 47.8 Å². The second kappa shape index (κ2) is 6.39. The summed E-state index contributed by atoms with van der Waals surface area (Å²) in [6.07, 6.45) is 0. The molecular formula is C15H14FN3O6S2. The van der Waals surface area contributed by atoms with E-state index in [1.165, 1.54) is 12.1 Å². The number of aryl methyl sites for hydroxylation is 1. The molecule has 2 aromatic rings. The zero-order chi connectivity index (χ0) is 20.0. The van der Waals surface area contributed by atoms with Gasteiger partial charge in [-0.1, -0.05) is 18.2 Å². The summed E-state index contributed by atoms with van der Waals surface area (Å²) in [6.45, 7) is 0.874. The van der Waals surface area contributed by atoms with Crippen LogP contribution in [0.4, 0.5) is 15.8 Å². The average Bonchev–Trinajstić information content (AvgIpc) is 2.79. The van der Waals surface area contributed by atoms with E-state index in [2.05, 4.69) is 4.72 Å². The third-order valence-electron chi connectivity index (χ3n) is 3.75. The Morgan fingerprint density at radius 2 is 1.93 bits per heavy atom. The Hall–Kier alpha value is -2.86. The number of phenols is 1. The van der Waals surface area contributed by atoms with Crippen molar-refractivity contribution in [2.24, 2.45) is 0 Å². The number of carbonyl (C=O) groups excluding carboxylic acids is 1. The highest BCUT2D eigenvalue weighted by Crippen LogP contribution is 2.36. The SMILES string of the molecule is Cc1ccccc1S(=O)(=O)Nc1cc(O)c(N2CC(=O)NS2(=O)=O)c(F)c1. The Labute approximate surface area is 154 Å². The molecule has 12 heteroatoms.